The molecule has 0 spiro atoms. The lowest BCUT2D eigenvalue weighted by atomic mass is 10.6. The lowest BCUT2D eigenvalue weighted by Crippen LogP contribution is -2.31. The van der Waals surface area contributed by atoms with E-state index in [0.717, 1.165) is 0 Å². The fourth-order valence-electron chi connectivity index (χ4n) is 0.747. The molecule has 60 valence electrons. The van der Waals surface area contributed by atoms with E-state index in [-0.39, 0.29) is 12.9 Å². The zero-order valence-electron chi connectivity index (χ0n) is 5.78. The molecule has 0 saturated carbocycles. The first-order valence-corrected chi connectivity index (χ1v) is 3.35. The van der Waals surface area contributed by atoms with Gasteiger partial charge in [-0.05, 0) is 0 Å². The van der Waals surface area contributed by atoms with E-state index in [1.807, 2.05) is 0 Å². The molecule has 0 radical (unpaired) electrons. The van der Waals surface area contributed by atoms with Gasteiger partial charge in [0.1, 0.15) is 0 Å². The second-order valence-electron chi connectivity index (χ2n) is 1.97. The molecule has 4 nitrogen and oxygen atoms in total. The molecular formula is C6H12O4. The van der Waals surface area contributed by atoms with Gasteiger partial charge in [0.25, 0.3) is 0 Å². The monoisotopic (exact) mass is 148 g/mol. The Labute approximate surface area is 59.7 Å². The number of aliphatic hydroxyl groups excluding tert-OH is 1. The van der Waals surface area contributed by atoms with Crippen molar-refractivity contribution in [3.8, 4) is 0 Å². The Morgan fingerprint density at radius 2 is 2.40 bits per heavy atom. The molecule has 1 aliphatic heterocycles. The third-order valence-corrected chi connectivity index (χ3v) is 1.18. The maximum Gasteiger partial charge on any atom is 0.181 e. The Kier molecular flexibility index (Phi) is 3.67. The zero-order chi connectivity index (χ0) is 7.23. The van der Waals surface area contributed by atoms with Crippen molar-refractivity contribution in [2.24, 2.45) is 0 Å². The Morgan fingerprint density at radius 1 is 1.50 bits per heavy atom. The summed E-state index contributed by atoms with van der Waals surface area (Å²) in [4.78, 5) is 0. The largest absolute Gasteiger partial charge is 0.394 e. The standard InChI is InChI=1S/C6H12O4/c7-1-2-9-6-5-8-3-4-10-6/h6-7H,1-5H2. The average Bonchev–Trinajstić information content (AvgIpc) is 2.03. The van der Waals surface area contributed by atoms with Crippen LogP contribution in [0.3, 0.4) is 0 Å². The van der Waals surface area contributed by atoms with E-state index in [2.05, 4.69) is 0 Å². The molecule has 1 aliphatic rings. The van der Waals surface area contributed by atoms with Gasteiger partial charge in [-0.25, -0.2) is 0 Å². The number of aliphatic hydroxyl groups is 1. The van der Waals surface area contributed by atoms with Gasteiger partial charge in [-0.3, -0.25) is 0 Å². The summed E-state index contributed by atoms with van der Waals surface area (Å²) in [6.45, 7) is 2.03. The van der Waals surface area contributed by atoms with Crippen LogP contribution < -0.4 is 0 Å². The molecule has 1 heterocycles. The van der Waals surface area contributed by atoms with E-state index >= 15 is 0 Å². The maximum atomic E-state index is 8.38. The molecule has 0 aromatic carbocycles. The molecule has 0 bridgehead atoms. The van der Waals surface area contributed by atoms with Gasteiger partial charge in [-0.1, -0.05) is 0 Å². The second kappa shape index (κ2) is 4.62. The van der Waals surface area contributed by atoms with Gasteiger partial charge in [0.15, 0.2) is 6.29 Å². The number of ether oxygens (including phenoxy) is 3. The molecule has 1 N–H and O–H groups in total. The smallest absolute Gasteiger partial charge is 0.181 e. The second-order valence-corrected chi connectivity index (χ2v) is 1.97. The molecule has 1 atom stereocenters. The first kappa shape index (κ1) is 7.94. The van der Waals surface area contributed by atoms with E-state index in [1.54, 1.807) is 0 Å². The zero-order valence-corrected chi connectivity index (χ0v) is 5.78. The molecule has 10 heavy (non-hydrogen) atoms. The third-order valence-electron chi connectivity index (χ3n) is 1.18. The quantitative estimate of drug-likeness (QED) is 0.578. The number of hydrogen-bond donors (Lipinski definition) is 1. The van der Waals surface area contributed by atoms with Gasteiger partial charge in [-0.2, -0.15) is 0 Å². The summed E-state index contributed by atoms with van der Waals surface area (Å²) in [5.74, 6) is 0. The number of hydrogen-bond acceptors (Lipinski definition) is 4. The summed E-state index contributed by atoms with van der Waals surface area (Å²) in [6.07, 6.45) is -0.277. The molecule has 0 amide bonds. The fraction of sp³-hybridized carbons (Fsp3) is 1.00. The molecule has 1 saturated heterocycles. The molecule has 0 aliphatic carbocycles. The van der Waals surface area contributed by atoms with Gasteiger partial charge >= 0.3 is 0 Å². The van der Waals surface area contributed by atoms with Gasteiger partial charge in [0, 0.05) is 0 Å². The van der Waals surface area contributed by atoms with Gasteiger partial charge in [-0.15, -0.1) is 0 Å². The number of rotatable bonds is 3. The molecule has 1 rings (SSSR count). The van der Waals surface area contributed by atoms with Crippen LogP contribution in [0.5, 0.6) is 0 Å². The summed E-state index contributed by atoms with van der Waals surface area (Å²) >= 11 is 0. The van der Waals surface area contributed by atoms with Crippen molar-refractivity contribution in [2.75, 3.05) is 33.0 Å². The minimum Gasteiger partial charge on any atom is -0.394 e. The first-order valence-electron chi connectivity index (χ1n) is 3.35. The van der Waals surface area contributed by atoms with E-state index < -0.39 is 0 Å². The Bertz CT molecular complexity index is 79.8. The molecule has 4 heteroatoms. The molecule has 0 aromatic rings. The van der Waals surface area contributed by atoms with E-state index in [1.165, 1.54) is 0 Å². The minimum absolute atomic E-state index is 0.0276. The molecular weight excluding hydrogens is 136 g/mol. The van der Waals surface area contributed by atoms with Crippen molar-refractivity contribution in [1.82, 2.24) is 0 Å². The highest BCUT2D eigenvalue weighted by atomic mass is 16.7. The fourth-order valence-corrected chi connectivity index (χ4v) is 0.747. The normalized spacial score (nSPS) is 26.7. The van der Waals surface area contributed by atoms with Crippen molar-refractivity contribution in [1.29, 1.82) is 0 Å². The van der Waals surface area contributed by atoms with Gasteiger partial charge in [0.2, 0.25) is 0 Å². The summed E-state index contributed by atoms with van der Waals surface area (Å²) in [5.41, 5.74) is 0. The van der Waals surface area contributed by atoms with Crippen LogP contribution in [0.25, 0.3) is 0 Å². The van der Waals surface area contributed by atoms with Crippen molar-refractivity contribution in [3.63, 3.8) is 0 Å². The lowest BCUT2D eigenvalue weighted by molar-refractivity contribution is -0.213. The SMILES string of the molecule is OCCOC1COCCO1. The Morgan fingerprint density at radius 3 is 3.00 bits per heavy atom. The van der Waals surface area contributed by atoms with E-state index in [9.17, 15) is 0 Å². The van der Waals surface area contributed by atoms with Crippen LogP contribution in [0.2, 0.25) is 0 Å². The predicted octanol–water partition coefficient (Wildman–Crippen LogP) is -0.632. The van der Waals surface area contributed by atoms with Crippen LogP contribution in [0.4, 0.5) is 0 Å². The van der Waals surface area contributed by atoms with Crippen LogP contribution in [0.15, 0.2) is 0 Å². The summed E-state index contributed by atoms with van der Waals surface area (Å²) in [5, 5.41) is 8.38. The highest BCUT2D eigenvalue weighted by molar-refractivity contribution is 4.47. The van der Waals surface area contributed by atoms with Crippen LogP contribution >= 0.6 is 0 Å². The third kappa shape index (κ3) is 2.62. The summed E-state index contributed by atoms with van der Waals surface area (Å²) in [7, 11) is 0. The highest BCUT2D eigenvalue weighted by Crippen LogP contribution is 2.00. The van der Waals surface area contributed by atoms with Crippen LogP contribution in [-0.4, -0.2) is 44.4 Å². The lowest BCUT2D eigenvalue weighted by Gasteiger charge is -2.22. The van der Waals surface area contributed by atoms with Crippen molar-refractivity contribution >= 4 is 0 Å². The maximum absolute atomic E-state index is 8.38. The van der Waals surface area contributed by atoms with Gasteiger partial charge < -0.3 is 19.3 Å². The predicted molar refractivity (Wildman–Crippen MR) is 33.6 cm³/mol. The van der Waals surface area contributed by atoms with Crippen LogP contribution in [0.1, 0.15) is 0 Å². The summed E-state index contributed by atoms with van der Waals surface area (Å²) < 4.78 is 15.2. The minimum atomic E-state index is -0.277. The molecule has 1 unspecified atom stereocenters. The highest BCUT2D eigenvalue weighted by Gasteiger charge is 2.13. The molecule has 1 fully saturated rings. The van der Waals surface area contributed by atoms with Crippen LogP contribution in [0, 0.1) is 0 Å². The van der Waals surface area contributed by atoms with Crippen molar-refractivity contribution in [3.05, 3.63) is 0 Å². The summed E-state index contributed by atoms with van der Waals surface area (Å²) in [6, 6.07) is 0. The molecule has 0 aromatic heterocycles. The van der Waals surface area contributed by atoms with Crippen LogP contribution in [-0.2, 0) is 14.2 Å². The van der Waals surface area contributed by atoms with Crippen molar-refractivity contribution in [2.45, 2.75) is 6.29 Å². The van der Waals surface area contributed by atoms with Crippen molar-refractivity contribution < 1.29 is 19.3 Å². The Hall–Kier alpha value is -0.160. The van der Waals surface area contributed by atoms with E-state index in [4.69, 9.17) is 19.3 Å². The first-order chi connectivity index (χ1) is 4.93. The average molecular weight is 148 g/mol. The van der Waals surface area contributed by atoms with E-state index in [0.29, 0.717) is 26.4 Å². The van der Waals surface area contributed by atoms with Gasteiger partial charge in [0.05, 0.1) is 33.0 Å². The Balaban J connectivity index is 2.02. The topological polar surface area (TPSA) is 47.9 Å².